The fraction of sp³-hybridized carbons (Fsp3) is 0.339. The number of ether oxygens (including phenoxy) is 2. The zero-order chi connectivity index (χ0) is 48.5. The number of aryl methyl sites for hydroxylation is 1. The molecule has 0 saturated heterocycles. The second-order valence-corrected chi connectivity index (χ2v) is 13.1. The zero-order valence-corrected chi connectivity index (χ0v) is 38.4. The highest BCUT2D eigenvalue weighted by Crippen LogP contribution is 2.15. The minimum Gasteiger partial charge on any atom is -0.495 e. The molecule has 0 spiro atoms. The summed E-state index contributed by atoms with van der Waals surface area (Å²) in [5, 5.41) is 17.0. The Morgan fingerprint density at radius 2 is 1.25 bits per heavy atom. The van der Waals surface area contributed by atoms with Crippen LogP contribution in [-0.4, -0.2) is 52.5 Å². The molecule has 0 aliphatic rings. The molecule has 1 unspecified atom stereocenters. The second-order valence-electron chi connectivity index (χ2n) is 13.1. The van der Waals surface area contributed by atoms with E-state index in [1.54, 1.807) is 43.4 Å². The highest BCUT2D eigenvalue weighted by atomic mass is 16.5. The first kappa shape index (κ1) is 60.8. The van der Waals surface area contributed by atoms with Gasteiger partial charge in [0.15, 0.2) is 0 Å². The van der Waals surface area contributed by atoms with Gasteiger partial charge in [-0.3, -0.25) is 4.79 Å². The molecule has 0 bridgehead atoms. The van der Waals surface area contributed by atoms with Gasteiger partial charge in [-0.2, -0.15) is 0 Å². The molecular formula is C56H66N2O6. The molecule has 3 aromatic carbocycles. The fourth-order valence-electron chi connectivity index (χ4n) is 4.63. The number of terminal acetylenes is 6. The molecule has 8 nitrogen and oxygen atoms in total. The maximum atomic E-state index is 10.7. The summed E-state index contributed by atoms with van der Waals surface area (Å²) in [5.41, 5.74) is 3.26. The van der Waals surface area contributed by atoms with E-state index in [9.17, 15) is 9.59 Å². The molecule has 2 N–H and O–H groups in total. The number of carboxylic acids is 2. The summed E-state index contributed by atoms with van der Waals surface area (Å²) >= 11 is 0. The van der Waals surface area contributed by atoms with Gasteiger partial charge in [0.1, 0.15) is 18.1 Å². The predicted molar refractivity (Wildman–Crippen MR) is 264 cm³/mol. The van der Waals surface area contributed by atoms with E-state index >= 15 is 0 Å². The molecule has 8 heteroatoms. The Morgan fingerprint density at radius 3 is 1.62 bits per heavy atom. The molecule has 4 aromatic rings. The number of carboxylic acid groups (broad SMARTS) is 2. The summed E-state index contributed by atoms with van der Waals surface area (Å²) in [6.45, 7) is 4.78. The van der Waals surface area contributed by atoms with E-state index in [-0.39, 0.29) is 5.92 Å². The Bertz CT molecular complexity index is 2100. The quantitative estimate of drug-likeness (QED) is 0.0959. The first-order chi connectivity index (χ1) is 31.0. The van der Waals surface area contributed by atoms with Gasteiger partial charge in [-0.05, 0) is 49.2 Å². The highest BCUT2D eigenvalue weighted by Gasteiger charge is 2.14. The van der Waals surface area contributed by atoms with Crippen LogP contribution in [0.3, 0.4) is 0 Å². The third kappa shape index (κ3) is 38.7. The zero-order valence-electron chi connectivity index (χ0n) is 38.4. The molecule has 0 amide bonds. The summed E-state index contributed by atoms with van der Waals surface area (Å²) in [7, 11) is 5.04. The van der Waals surface area contributed by atoms with Gasteiger partial charge in [0.05, 0.1) is 31.1 Å². The molecule has 0 fully saturated rings. The number of hydrogen-bond donors (Lipinski definition) is 2. The molecule has 0 radical (unpaired) electrons. The van der Waals surface area contributed by atoms with Crippen LogP contribution >= 0.6 is 0 Å². The third-order valence-corrected chi connectivity index (χ3v) is 8.03. The van der Waals surface area contributed by atoms with Crippen LogP contribution in [0, 0.1) is 91.8 Å². The van der Waals surface area contributed by atoms with E-state index in [2.05, 4.69) is 65.0 Å². The molecule has 0 aliphatic heterocycles. The Kier molecular flexibility index (Phi) is 44.2. The van der Waals surface area contributed by atoms with E-state index < -0.39 is 11.9 Å². The number of rotatable bonds is 14. The van der Waals surface area contributed by atoms with Gasteiger partial charge in [-0.15, -0.1) is 50.4 Å². The molecule has 4 rings (SSSR count). The minimum absolute atomic E-state index is 0.332. The van der Waals surface area contributed by atoms with E-state index in [1.165, 1.54) is 44.9 Å². The number of para-hydroxylation sites is 1. The number of unbranched alkanes of at least 4 members (excludes halogenated alkanes) is 8. The van der Waals surface area contributed by atoms with Crippen LogP contribution in [0.5, 0.6) is 5.75 Å². The molecule has 1 heterocycles. The number of aliphatic carboxylic acids is 2. The Balaban J connectivity index is -0.000000687. The van der Waals surface area contributed by atoms with Crippen LogP contribution in [0.2, 0.25) is 0 Å². The first-order valence-corrected chi connectivity index (χ1v) is 20.9. The maximum Gasteiger partial charge on any atom is 0.382 e. The predicted octanol–water partition coefficient (Wildman–Crippen LogP) is 10.8. The van der Waals surface area contributed by atoms with Crippen molar-refractivity contribution in [3.8, 4) is 91.7 Å². The van der Waals surface area contributed by atoms with Crippen LogP contribution < -0.4 is 4.74 Å². The van der Waals surface area contributed by atoms with Crippen LogP contribution in [0.15, 0.2) is 97.5 Å². The van der Waals surface area contributed by atoms with Crippen molar-refractivity contribution in [1.82, 2.24) is 9.55 Å². The van der Waals surface area contributed by atoms with Crippen molar-refractivity contribution in [2.24, 2.45) is 13.0 Å². The number of benzene rings is 3. The Morgan fingerprint density at radius 1 is 0.688 bits per heavy atom. The van der Waals surface area contributed by atoms with Gasteiger partial charge in [0, 0.05) is 44.0 Å². The van der Waals surface area contributed by atoms with Gasteiger partial charge in [0.25, 0.3) is 0 Å². The Labute approximate surface area is 385 Å². The molecule has 64 heavy (non-hydrogen) atoms. The third-order valence-electron chi connectivity index (χ3n) is 8.03. The Hall–Kier alpha value is -7.51. The normalized spacial score (nSPS) is 8.92. The highest BCUT2D eigenvalue weighted by molar-refractivity contribution is 5.87. The van der Waals surface area contributed by atoms with Crippen LogP contribution in [0.25, 0.3) is 0 Å². The molecule has 0 aliphatic carbocycles. The minimum atomic E-state index is -1.10. The monoisotopic (exact) mass is 862 g/mol. The van der Waals surface area contributed by atoms with Crippen LogP contribution in [0.1, 0.15) is 113 Å². The van der Waals surface area contributed by atoms with Crippen molar-refractivity contribution in [3.63, 3.8) is 0 Å². The molecule has 1 atom stereocenters. The maximum absolute atomic E-state index is 10.7. The van der Waals surface area contributed by atoms with Gasteiger partial charge in [-0.1, -0.05) is 143 Å². The number of carbonyl (C=O) groups is 2. The number of aromatic nitrogens is 2. The van der Waals surface area contributed by atoms with Crippen molar-refractivity contribution in [3.05, 3.63) is 120 Å². The number of methoxy groups -OCH3 is 2. The van der Waals surface area contributed by atoms with Crippen molar-refractivity contribution >= 4 is 11.9 Å². The lowest BCUT2D eigenvalue weighted by Gasteiger charge is -2.07. The second kappa shape index (κ2) is 46.6. The lowest BCUT2D eigenvalue weighted by Crippen LogP contribution is -2.12. The lowest BCUT2D eigenvalue weighted by molar-refractivity contribution is -0.141. The molecule has 0 saturated carbocycles. The summed E-state index contributed by atoms with van der Waals surface area (Å²) < 4.78 is 11.2. The van der Waals surface area contributed by atoms with E-state index in [0.29, 0.717) is 13.0 Å². The number of hydrogen-bond acceptors (Lipinski definition) is 5. The van der Waals surface area contributed by atoms with Crippen molar-refractivity contribution < 1.29 is 29.3 Å². The van der Waals surface area contributed by atoms with Gasteiger partial charge in [-0.25, -0.2) is 9.78 Å². The largest absolute Gasteiger partial charge is 0.495 e. The van der Waals surface area contributed by atoms with Crippen molar-refractivity contribution in [2.45, 2.75) is 90.9 Å². The first-order valence-electron chi connectivity index (χ1n) is 20.9. The van der Waals surface area contributed by atoms with Gasteiger partial charge in [0.2, 0.25) is 0 Å². The van der Waals surface area contributed by atoms with Crippen LogP contribution in [-0.2, 0) is 21.4 Å². The van der Waals surface area contributed by atoms with Crippen molar-refractivity contribution in [2.75, 3.05) is 20.8 Å². The fourth-order valence-corrected chi connectivity index (χ4v) is 4.63. The summed E-state index contributed by atoms with van der Waals surface area (Å²) in [5.74, 6) is 18.0. The SMILES string of the molecule is C#CCC(CCCCCC)C(=O)O.C#CCCCCCCC.C#CCOC.C#Cc1ccccc1.C#Cc1ccccc1OC.C#Cc1cncn1C.O=C(O)C#Cc1ccccc1. The van der Waals surface area contributed by atoms with Gasteiger partial charge < -0.3 is 24.3 Å². The van der Waals surface area contributed by atoms with Crippen LogP contribution in [0.4, 0.5) is 0 Å². The lowest BCUT2D eigenvalue weighted by atomic mass is 9.98. The van der Waals surface area contributed by atoms with E-state index in [1.807, 2.05) is 85.8 Å². The number of imidazole rings is 1. The summed E-state index contributed by atoms with van der Waals surface area (Å²) in [4.78, 5) is 24.5. The number of nitrogens with zero attached hydrogens (tertiary/aromatic N) is 2. The van der Waals surface area contributed by atoms with E-state index in [0.717, 1.165) is 53.8 Å². The van der Waals surface area contributed by atoms with E-state index in [4.69, 9.17) is 53.5 Å². The molecule has 336 valence electrons. The average molecular weight is 863 g/mol. The molecular weight excluding hydrogens is 797 g/mol. The summed E-state index contributed by atoms with van der Waals surface area (Å²) in [6, 6.07) is 26.1. The van der Waals surface area contributed by atoms with Crippen molar-refractivity contribution in [1.29, 1.82) is 0 Å². The smallest absolute Gasteiger partial charge is 0.382 e. The molecule has 1 aromatic heterocycles. The topological polar surface area (TPSA) is 111 Å². The average Bonchev–Trinajstić information content (AvgIpc) is 3.75. The standard InChI is InChI=1S/C11H18O2.C9H6O2.C9H8O.C9H16.C8H6.C6H6N2.C4H6O/c1-3-5-6-7-9-10(8-4-2)11(12)13;10-9(11)7-6-8-4-2-1-3-5-8;1-3-8-6-4-5-7-9(8)10-2;1-3-5-7-9-8-6-4-2;1-2-8-6-4-3-5-7-8;1-3-6-4-7-5-8(6)2;1-3-4-5-2/h2,10H,3,5-9H2,1H3,(H,12,13);1-5H,(H,10,11);1,4-7H,2H3;1H,4-9H2,2H3;1,3-7H;1,4-5H,2H3;1H,4H2,2H3. The van der Waals surface area contributed by atoms with Gasteiger partial charge >= 0.3 is 11.9 Å². The summed E-state index contributed by atoms with van der Waals surface area (Å²) in [6.07, 6.45) is 46.7.